The molecule has 8 nitrogen and oxygen atoms in total. The normalized spacial score (nSPS) is 12.6. The summed E-state index contributed by atoms with van der Waals surface area (Å²) in [4.78, 5) is 11.2. The molecular weight excluding hydrogens is 564 g/mol. The van der Waals surface area contributed by atoms with E-state index in [1.165, 1.54) is 43.3 Å². The van der Waals surface area contributed by atoms with Crippen LogP contribution in [0.1, 0.15) is 12.6 Å². The number of hydrogen-bond acceptors (Lipinski definition) is 6. The Hall–Kier alpha value is -4.09. The van der Waals surface area contributed by atoms with Crippen molar-refractivity contribution in [3.63, 3.8) is 0 Å². The van der Waals surface area contributed by atoms with Gasteiger partial charge in [0.1, 0.15) is 17.2 Å². The smallest absolute Gasteiger partial charge is 0.479 e. The molecule has 0 fully saturated rings. The van der Waals surface area contributed by atoms with Crippen LogP contribution < -0.4 is 14.2 Å². The van der Waals surface area contributed by atoms with E-state index in [1.807, 2.05) is 0 Å². The van der Waals surface area contributed by atoms with E-state index in [9.17, 15) is 18.0 Å². The lowest BCUT2D eigenvalue weighted by molar-refractivity contribution is -0.274. The third-order valence-electron chi connectivity index (χ3n) is 5.75. The van der Waals surface area contributed by atoms with Gasteiger partial charge in [0.05, 0.1) is 21.6 Å². The van der Waals surface area contributed by atoms with Crippen molar-refractivity contribution in [3.05, 3.63) is 70.3 Å². The molecule has 2 heterocycles. The van der Waals surface area contributed by atoms with Gasteiger partial charge in [-0.05, 0) is 56.3 Å². The standard InChI is InChI=1S/C26H17Cl2F3N2O6/c1-12-23(37-15-4-7-19(28)22(11-15)36-13(2)25(34)35)18-10-16(38-26(29,30)31)5-8-20(18)33(12)24-17-6-3-14(27)9-21(17)39-32-24/h3-11,13H,1-2H3,(H,34,35)/t13-/m0/s1. The second kappa shape index (κ2) is 9.90. The molecule has 5 rings (SSSR count). The first kappa shape index (κ1) is 26.5. The number of aliphatic carboxylic acids is 1. The van der Waals surface area contributed by atoms with E-state index in [2.05, 4.69) is 9.89 Å². The Morgan fingerprint density at radius 2 is 1.79 bits per heavy atom. The minimum atomic E-state index is -4.91. The molecule has 3 aromatic carbocycles. The summed E-state index contributed by atoms with van der Waals surface area (Å²) in [5.41, 5.74) is 1.33. The third-order valence-corrected chi connectivity index (χ3v) is 6.30. The van der Waals surface area contributed by atoms with Crippen molar-refractivity contribution < 1.29 is 41.8 Å². The number of fused-ring (bicyclic) bond motifs is 2. The number of nitrogens with zero attached hydrogens (tertiary/aromatic N) is 2. The predicted molar refractivity (Wildman–Crippen MR) is 137 cm³/mol. The summed E-state index contributed by atoms with van der Waals surface area (Å²) >= 11 is 12.2. The fourth-order valence-electron chi connectivity index (χ4n) is 4.02. The first-order valence-electron chi connectivity index (χ1n) is 11.2. The maximum absolute atomic E-state index is 13.0. The molecule has 0 unspecified atom stereocenters. The Kier molecular flexibility index (Phi) is 6.73. The summed E-state index contributed by atoms with van der Waals surface area (Å²) in [6.45, 7) is 3.03. The third kappa shape index (κ3) is 5.27. The molecule has 5 aromatic rings. The van der Waals surface area contributed by atoms with E-state index < -0.39 is 24.2 Å². The van der Waals surface area contributed by atoms with Crippen LogP contribution in [0.4, 0.5) is 13.2 Å². The number of carboxylic acids is 1. The van der Waals surface area contributed by atoms with Crippen molar-refractivity contribution in [2.75, 3.05) is 0 Å². The van der Waals surface area contributed by atoms with Crippen molar-refractivity contribution in [1.29, 1.82) is 0 Å². The van der Waals surface area contributed by atoms with Gasteiger partial charge in [-0.3, -0.25) is 4.57 Å². The highest BCUT2D eigenvalue weighted by Gasteiger charge is 2.32. The molecule has 0 bridgehead atoms. The molecule has 0 aliphatic carbocycles. The molecule has 0 saturated carbocycles. The summed E-state index contributed by atoms with van der Waals surface area (Å²) in [6.07, 6.45) is -6.10. The minimum absolute atomic E-state index is 0.0472. The number of ether oxygens (including phenoxy) is 3. The van der Waals surface area contributed by atoms with Gasteiger partial charge in [-0.25, -0.2) is 4.79 Å². The average Bonchev–Trinajstić information content (AvgIpc) is 3.37. The monoisotopic (exact) mass is 580 g/mol. The molecule has 0 spiro atoms. The van der Waals surface area contributed by atoms with Crippen molar-refractivity contribution >= 4 is 51.0 Å². The van der Waals surface area contributed by atoms with Gasteiger partial charge in [-0.1, -0.05) is 28.4 Å². The zero-order valence-electron chi connectivity index (χ0n) is 20.0. The lowest BCUT2D eigenvalue weighted by atomic mass is 10.2. The van der Waals surface area contributed by atoms with Gasteiger partial charge in [-0.15, -0.1) is 13.2 Å². The zero-order valence-corrected chi connectivity index (χ0v) is 21.6. The van der Waals surface area contributed by atoms with Crippen LogP contribution in [-0.4, -0.2) is 33.3 Å². The predicted octanol–water partition coefficient (Wildman–Crippen LogP) is 7.93. The molecule has 0 amide bonds. The molecule has 0 saturated heterocycles. The summed E-state index contributed by atoms with van der Waals surface area (Å²) in [5, 5.41) is 14.8. The summed E-state index contributed by atoms with van der Waals surface area (Å²) < 4.78 is 61.7. The van der Waals surface area contributed by atoms with Gasteiger partial charge in [0, 0.05) is 22.5 Å². The first-order valence-corrected chi connectivity index (χ1v) is 12.0. The Morgan fingerprint density at radius 3 is 2.51 bits per heavy atom. The van der Waals surface area contributed by atoms with Gasteiger partial charge < -0.3 is 23.8 Å². The van der Waals surface area contributed by atoms with Crippen molar-refractivity contribution in [3.8, 4) is 28.8 Å². The van der Waals surface area contributed by atoms with Gasteiger partial charge in [0.25, 0.3) is 0 Å². The largest absolute Gasteiger partial charge is 0.573 e. The van der Waals surface area contributed by atoms with Gasteiger partial charge in [0.2, 0.25) is 0 Å². The average molecular weight is 581 g/mol. The SMILES string of the molecule is Cc1c(Oc2ccc(Cl)c(O[C@@H](C)C(=O)O)c2)c2cc(OC(F)(F)F)ccc2n1-c1noc2cc(Cl)ccc12. The van der Waals surface area contributed by atoms with Crippen LogP contribution in [0, 0.1) is 6.92 Å². The van der Waals surface area contributed by atoms with Crippen LogP contribution in [-0.2, 0) is 4.79 Å². The van der Waals surface area contributed by atoms with E-state index in [0.717, 1.165) is 0 Å². The highest BCUT2D eigenvalue weighted by atomic mass is 35.5. The van der Waals surface area contributed by atoms with Crippen molar-refractivity contribution in [2.45, 2.75) is 26.3 Å². The van der Waals surface area contributed by atoms with Crippen LogP contribution in [0.3, 0.4) is 0 Å². The van der Waals surface area contributed by atoms with E-state index in [0.29, 0.717) is 33.0 Å². The highest BCUT2D eigenvalue weighted by Crippen LogP contribution is 2.42. The fraction of sp³-hybridized carbons (Fsp3) is 0.154. The van der Waals surface area contributed by atoms with Crippen LogP contribution in [0.15, 0.2) is 59.1 Å². The van der Waals surface area contributed by atoms with Gasteiger partial charge >= 0.3 is 12.3 Å². The summed E-state index contributed by atoms with van der Waals surface area (Å²) in [7, 11) is 0. The van der Waals surface area contributed by atoms with Crippen molar-refractivity contribution in [1.82, 2.24) is 9.72 Å². The van der Waals surface area contributed by atoms with E-state index in [-0.39, 0.29) is 27.7 Å². The number of halogens is 5. The van der Waals surface area contributed by atoms with Crippen molar-refractivity contribution in [2.24, 2.45) is 0 Å². The fourth-order valence-corrected chi connectivity index (χ4v) is 4.35. The number of aromatic nitrogens is 2. The molecular formula is C26H17Cl2F3N2O6. The Balaban J connectivity index is 1.66. The second-order valence-electron chi connectivity index (χ2n) is 8.42. The Labute approximate surface area is 228 Å². The molecule has 2 aromatic heterocycles. The van der Waals surface area contributed by atoms with Crippen LogP contribution in [0.2, 0.25) is 10.0 Å². The number of carboxylic acid groups (broad SMARTS) is 1. The molecule has 13 heteroatoms. The lowest BCUT2D eigenvalue weighted by Gasteiger charge is -2.14. The zero-order chi connectivity index (χ0) is 28.1. The topological polar surface area (TPSA) is 96.0 Å². The molecule has 0 aliphatic rings. The maximum atomic E-state index is 13.0. The highest BCUT2D eigenvalue weighted by molar-refractivity contribution is 6.32. The second-order valence-corrected chi connectivity index (χ2v) is 9.26. The van der Waals surface area contributed by atoms with Gasteiger partial charge in [0.15, 0.2) is 23.3 Å². The summed E-state index contributed by atoms with van der Waals surface area (Å²) in [6, 6.07) is 13.1. The molecule has 1 N–H and O–H groups in total. The lowest BCUT2D eigenvalue weighted by Crippen LogP contribution is -2.22. The Bertz CT molecular complexity index is 1730. The molecule has 1 atom stereocenters. The number of benzene rings is 3. The number of carbonyl (C=O) groups is 1. The molecule has 202 valence electrons. The molecule has 39 heavy (non-hydrogen) atoms. The first-order chi connectivity index (χ1) is 18.4. The van der Waals surface area contributed by atoms with E-state index >= 15 is 0 Å². The summed E-state index contributed by atoms with van der Waals surface area (Å²) in [5.74, 6) is -0.876. The maximum Gasteiger partial charge on any atom is 0.573 e. The van der Waals surface area contributed by atoms with E-state index in [4.69, 9.17) is 42.3 Å². The van der Waals surface area contributed by atoms with E-state index in [1.54, 1.807) is 29.7 Å². The number of hydrogen-bond donors (Lipinski definition) is 1. The van der Waals surface area contributed by atoms with Gasteiger partial charge in [-0.2, -0.15) is 0 Å². The molecule has 0 aliphatic heterocycles. The minimum Gasteiger partial charge on any atom is -0.479 e. The quantitative estimate of drug-likeness (QED) is 0.209. The molecule has 0 radical (unpaired) electrons. The Morgan fingerprint density at radius 1 is 1.05 bits per heavy atom. The van der Waals surface area contributed by atoms with Crippen LogP contribution >= 0.6 is 23.2 Å². The van der Waals surface area contributed by atoms with Crippen LogP contribution in [0.25, 0.3) is 27.7 Å². The number of rotatable bonds is 7. The van der Waals surface area contributed by atoms with Crippen LogP contribution in [0.5, 0.6) is 23.0 Å². The number of alkyl halides is 3.